The van der Waals surface area contributed by atoms with Crippen molar-refractivity contribution in [3.8, 4) is 0 Å². The Balaban J connectivity index is 2.04. The van der Waals surface area contributed by atoms with Gasteiger partial charge >= 0.3 is 0 Å². The predicted octanol–water partition coefficient (Wildman–Crippen LogP) is 1.23. The number of amides is 1. The van der Waals surface area contributed by atoms with Gasteiger partial charge in [0, 0.05) is 20.3 Å². The van der Waals surface area contributed by atoms with Crippen LogP contribution in [0, 0.1) is 0 Å². The van der Waals surface area contributed by atoms with Gasteiger partial charge in [-0.1, -0.05) is 30.3 Å². The number of aryl methyl sites for hydroxylation is 1. The van der Waals surface area contributed by atoms with Crippen LogP contribution in [0.2, 0.25) is 0 Å². The molecule has 1 N–H and O–H groups in total. The van der Waals surface area contributed by atoms with E-state index in [-0.39, 0.29) is 12.5 Å². The maximum atomic E-state index is 12.1. The van der Waals surface area contributed by atoms with Crippen molar-refractivity contribution >= 4 is 5.91 Å². The van der Waals surface area contributed by atoms with Crippen LogP contribution in [0.25, 0.3) is 0 Å². The van der Waals surface area contributed by atoms with Crippen LogP contribution in [0.1, 0.15) is 22.2 Å². The molecule has 2 aromatic rings. The highest BCUT2D eigenvalue weighted by molar-refractivity contribution is 5.92. The van der Waals surface area contributed by atoms with Gasteiger partial charge in [-0.3, -0.25) is 9.48 Å². The number of rotatable bonds is 4. The second-order valence-electron chi connectivity index (χ2n) is 4.45. The molecule has 1 heterocycles. The first-order valence-corrected chi connectivity index (χ1v) is 6.06. The number of benzene rings is 1. The normalized spacial score (nSPS) is 12.2. The summed E-state index contributed by atoms with van der Waals surface area (Å²) in [7, 11) is 3.39. The number of carbonyl (C=O) groups excluding carboxylic acids is 1. The summed E-state index contributed by atoms with van der Waals surface area (Å²) in [4.78, 5) is 13.6. The lowest BCUT2D eigenvalue weighted by atomic mass is 10.1. The van der Waals surface area contributed by atoms with E-state index in [4.69, 9.17) is 0 Å². The van der Waals surface area contributed by atoms with Gasteiger partial charge < -0.3 is 10.0 Å². The van der Waals surface area contributed by atoms with Crippen molar-refractivity contribution in [3.05, 3.63) is 53.9 Å². The Morgan fingerprint density at radius 1 is 1.37 bits per heavy atom. The van der Waals surface area contributed by atoms with E-state index in [9.17, 15) is 9.90 Å². The van der Waals surface area contributed by atoms with Crippen LogP contribution in [-0.2, 0) is 7.05 Å². The molecule has 0 fully saturated rings. The third-order valence-corrected chi connectivity index (χ3v) is 3.02. The Kier molecular flexibility index (Phi) is 3.97. The van der Waals surface area contributed by atoms with Crippen molar-refractivity contribution in [2.45, 2.75) is 6.10 Å². The summed E-state index contributed by atoms with van der Waals surface area (Å²) < 4.78 is 1.52. The molecule has 100 valence electrons. The molecule has 2 rings (SSSR count). The second-order valence-corrected chi connectivity index (χ2v) is 4.45. The number of likely N-dealkylation sites (N-methyl/N-ethyl adjacent to an activating group) is 1. The van der Waals surface area contributed by atoms with E-state index in [0.717, 1.165) is 5.56 Å². The molecule has 5 nitrogen and oxygen atoms in total. The van der Waals surface area contributed by atoms with Gasteiger partial charge in [0.25, 0.3) is 5.91 Å². The van der Waals surface area contributed by atoms with Crippen molar-refractivity contribution in [2.75, 3.05) is 13.6 Å². The van der Waals surface area contributed by atoms with Crippen LogP contribution in [0.3, 0.4) is 0 Å². The smallest absolute Gasteiger partial charge is 0.271 e. The maximum Gasteiger partial charge on any atom is 0.271 e. The molecule has 1 aromatic heterocycles. The Morgan fingerprint density at radius 3 is 2.63 bits per heavy atom. The third-order valence-electron chi connectivity index (χ3n) is 3.02. The van der Waals surface area contributed by atoms with Crippen molar-refractivity contribution in [1.82, 2.24) is 14.7 Å². The number of nitrogens with zero attached hydrogens (tertiary/aromatic N) is 3. The Labute approximate surface area is 112 Å². The fourth-order valence-electron chi connectivity index (χ4n) is 1.90. The van der Waals surface area contributed by atoms with Gasteiger partial charge in [0.15, 0.2) is 0 Å². The molecule has 0 aliphatic carbocycles. The van der Waals surface area contributed by atoms with Crippen LogP contribution < -0.4 is 0 Å². The van der Waals surface area contributed by atoms with Crippen molar-refractivity contribution in [3.63, 3.8) is 0 Å². The quantitative estimate of drug-likeness (QED) is 0.898. The monoisotopic (exact) mass is 259 g/mol. The summed E-state index contributed by atoms with van der Waals surface area (Å²) in [6.07, 6.45) is 0.887. The van der Waals surface area contributed by atoms with Crippen molar-refractivity contribution in [1.29, 1.82) is 0 Å². The minimum absolute atomic E-state index is 0.157. The topological polar surface area (TPSA) is 58.4 Å². The number of hydrogen-bond donors (Lipinski definition) is 1. The molecule has 0 aliphatic rings. The van der Waals surface area contributed by atoms with E-state index in [0.29, 0.717) is 5.69 Å². The molecule has 1 aromatic carbocycles. The maximum absolute atomic E-state index is 12.1. The van der Waals surface area contributed by atoms with Crippen LogP contribution in [0.5, 0.6) is 0 Å². The first-order valence-electron chi connectivity index (χ1n) is 6.06. The van der Waals surface area contributed by atoms with Crippen LogP contribution in [0.4, 0.5) is 0 Å². The molecule has 1 atom stereocenters. The average molecular weight is 259 g/mol. The Bertz CT molecular complexity index is 551. The van der Waals surface area contributed by atoms with Gasteiger partial charge in [-0.05, 0) is 11.6 Å². The number of aliphatic hydroxyl groups is 1. The lowest BCUT2D eigenvalue weighted by Crippen LogP contribution is -2.32. The number of carbonyl (C=O) groups is 1. The fraction of sp³-hybridized carbons (Fsp3) is 0.286. The summed E-state index contributed by atoms with van der Waals surface area (Å²) in [6.45, 7) is 0.244. The lowest BCUT2D eigenvalue weighted by Gasteiger charge is -2.21. The zero-order chi connectivity index (χ0) is 13.8. The van der Waals surface area contributed by atoms with Gasteiger partial charge in [-0.15, -0.1) is 0 Å². The van der Waals surface area contributed by atoms with Crippen molar-refractivity contribution < 1.29 is 9.90 Å². The van der Waals surface area contributed by atoms with Crippen molar-refractivity contribution in [2.24, 2.45) is 7.05 Å². The van der Waals surface area contributed by atoms with E-state index in [1.807, 2.05) is 30.3 Å². The SMILES string of the molecule is CN(CC(O)c1ccccc1)C(=O)c1ccnn1C. The third kappa shape index (κ3) is 3.00. The van der Waals surface area contributed by atoms with Gasteiger partial charge in [0.05, 0.1) is 12.6 Å². The highest BCUT2D eigenvalue weighted by Gasteiger charge is 2.18. The number of aliphatic hydroxyl groups excluding tert-OH is 1. The Morgan fingerprint density at radius 2 is 2.05 bits per heavy atom. The summed E-state index contributed by atoms with van der Waals surface area (Å²) in [5.74, 6) is -0.157. The molecule has 0 saturated heterocycles. The van der Waals surface area contributed by atoms with E-state index in [1.165, 1.54) is 9.58 Å². The molecule has 0 spiro atoms. The first kappa shape index (κ1) is 13.3. The minimum atomic E-state index is -0.691. The standard InChI is InChI=1S/C14H17N3O2/c1-16(14(19)12-8-9-15-17(12)2)10-13(18)11-6-4-3-5-7-11/h3-9,13,18H,10H2,1-2H3. The summed E-state index contributed by atoms with van der Waals surface area (Å²) in [5.41, 5.74) is 1.30. The number of aromatic nitrogens is 2. The molecule has 19 heavy (non-hydrogen) atoms. The highest BCUT2D eigenvalue weighted by atomic mass is 16.3. The minimum Gasteiger partial charge on any atom is -0.387 e. The molecule has 0 radical (unpaired) electrons. The van der Waals surface area contributed by atoms with Gasteiger partial charge in [-0.25, -0.2) is 0 Å². The molecule has 1 amide bonds. The molecular formula is C14H17N3O2. The zero-order valence-electron chi connectivity index (χ0n) is 11.0. The Hall–Kier alpha value is -2.14. The second kappa shape index (κ2) is 5.67. The summed E-state index contributed by atoms with van der Waals surface area (Å²) >= 11 is 0. The molecule has 1 unspecified atom stereocenters. The van der Waals surface area contributed by atoms with E-state index < -0.39 is 6.10 Å². The molecular weight excluding hydrogens is 242 g/mol. The van der Waals surface area contributed by atoms with Crippen LogP contribution in [-0.4, -0.2) is 39.3 Å². The van der Waals surface area contributed by atoms with Crippen LogP contribution in [0.15, 0.2) is 42.6 Å². The van der Waals surface area contributed by atoms with E-state index in [1.54, 1.807) is 26.4 Å². The van der Waals surface area contributed by atoms with E-state index >= 15 is 0 Å². The summed E-state index contributed by atoms with van der Waals surface area (Å²) in [6, 6.07) is 11.0. The van der Waals surface area contributed by atoms with Gasteiger partial charge in [-0.2, -0.15) is 5.10 Å². The number of hydrogen-bond acceptors (Lipinski definition) is 3. The summed E-state index contributed by atoms with van der Waals surface area (Å²) in [5, 5.41) is 14.1. The molecule has 0 saturated carbocycles. The van der Waals surface area contributed by atoms with Crippen LogP contribution >= 0.6 is 0 Å². The first-order chi connectivity index (χ1) is 9.09. The zero-order valence-corrected chi connectivity index (χ0v) is 11.0. The molecule has 0 aliphatic heterocycles. The average Bonchev–Trinajstić information content (AvgIpc) is 2.85. The fourth-order valence-corrected chi connectivity index (χ4v) is 1.90. The molecule has 0 bridgehead atoms. The van der Waals surface area contributed by atoms with Gasteiger partial charge in [0.1, 0.15) is 5.69 Å². The van der Waals surface area contributed by atoms with Gasteiger partial charge in [0.2, 0.25) is 0 Å². The van der Waals surface area contributed by atoms with E-state index in [2.05, 4.69) is 5.10 Å². The predicted molar refractivity (Wildman–Crippen MR) is 71.6 cm³/mol. The molecule has 5 heteroatoms. The highest BCUT2D eigenvalue weighted by Crippen LogP contribution is 2.14. The lowest BCUT2D eigenvalue weighted by molar-refractivity contribution is 0.0671. The largest absolute Gasteiger partial charge is 0.387 e.